The number of carbonyl (C=O) groups excluding carboxylic acids is 2. The van der Waals surface area contributed by atoms with Gasteiger partial charge in [0.25, 0.3) is 11.8 Å². The third kappa shape index (κ3) is 9.21. The Hall–Kier alpha value is -3.59. The van der Waals surface area contributed by atoms with Gasteiger partial charge in [-0.05, 0) is 30.7 Å². The van der Waals surface area contributed by atoms with Gasteiger partial charge in [0.05, 0.1) is 36.6 Å². The van der Waals surface area contributed by atoms with Crippen molar-refractivity contribution in [1.29, 1.82) is 0 Å². The van der Waals surface area contributed by atoms with E-state index in [0.29, 0.717) is 5.01 Å². The van der Waals surface area contributed by atoms with Gasteiger partial charge in [0.1, 0.15) is 22.6 Å². The minimum atomic E-state index is -4.54. The first-order chi connectivity index (χ1) is 20.7. The molecule has 0 aromatic carbocycles. The van der Waals surface area contributed by atoms with E-state index in [2.05, 4.69) is 36.2 Å². The minimum absolute atomic E-state index is 0.0176. The molecule has 1 atom stereocenters. The molecule has 1 aliphatic rings. The first-order valence-electron chi connectivity index (χ1n) is 12.8. The van der Waals surface area contributed by atoms with Crippen LogP contribution in [0.1, 0.15) is 43.9 Å². The third-order valence-electron chi connectivity index (χ3n) is 6.01. The van der Waals surface area contributed by atoms with Crippen LogP contribution in [0, 0.1) is 0 Å². The number of carbonyl (C=O) groups is 2. The van der Waals surface area contributed by atoms with Crippen LogP contribution in [0.25, 0.3) is 0 Å². The second kappa shape index (κ2) is 14.0. The molecular weight excluding hydrogens is 731 g/mol. The molecule has 0 spiro atoms. The Morgan fingerprint density at radius 2 is 1.80 bits per heavy atom. The summed E-state index contributed by atoms with van der Waals surface area (Å²) in [5.41, 5.74) is 1.73. The van der Waals surface area contributed by atoms with Gasteiger partial charge in [-0.3, -0.25) is 25.0 Å². The summed E-state index contributed by atoms with van der Waals surface area (Å²) < 4.78 is 77.3. The average Bonchev–Trinajstić information content (AvgIpc) is 3.60. The lowest BCUT2D eigenvalue weighted by molar-refractivity contribution is -0.137. The molecule has 4 rings (SSSR count). The van der Waals surface area contributed by atoms with Crippen LogP contribution in [0.2, 0.25) is 0 Å². The van der Waals surface area contributed by atoms with Crippen molar-refractivity contribution in [2.45, 2.75) is 42.2 Å². The summed E-state index contributed by atoms with van der Waals surface area (Å²) in [6.07, 6.45) is -3.35. The van der Waals surface area contributed by atoms with Gasteiger partial charge in [-0.2, -0.15) is 22.0 Å². The second-order valence-corrected chi connectivity index (χ2v) is 11.8. The third-order valence-corrected chi connectivity index (χ3v) is 7.54. The maximum absolute atomic E-state index is 14.8. The van der Waals surface area contributed by atoms with E-state index in [4.69, 9.17) is 0 Å². The lowest BCUT2D eigenvalue weighted by atomic mass is 10.2. The van der Waals surface area contributed by atoms with Crippen LogP contribution in [0.5, 0.6) is 0 Å². The van der Waals surface area contributed by atoms with Crippen LogP contribution in [-0.2, 0) is 34.4 Å². The number of hydrogen-bond donors (Lipinski definition) is 3. The smallest absolute Gasteiger partial charge is 0.345 e. The predicted molar refractivity (Wildman–Crippen MR) is 153 cm³/mol. The molecule has 0 aliphatic carbocycles. The van der Waals surface area contributed by atoms with Gasteiger partial charge in [0.2, 0.25) is 5.01 Å². The summed E-state index contributed by atoms with van der Waals surface area (Å²) in [6.45, 7) is -0.488. The van der Waals surface area contributed by atoms with Crippen LogP contribution in [0.15, 0.2) is 48.4 Å². The topological polar surface area (TPSA) is 128 Å². The Labute approximate surface area is 264 Å². The normalized spacial score (nSPS) is 14.6. The van der Waals surface area contributed by atoms with Crippen LogP contribution < -0.4 is 16.1 Å². The number of nitrogens with zero attached hydrogens (tertiary/aromatic N) is 6. The van der Waals surface area contributed by atoms with E-state index in [9.17, 15) is 35.9 Å². The standard InChI is InChI=1S/C25H24F6IN9O2S/c1-40-39-18(21(42)34-11-17-9-14(7-8-33-17)24(27,28)29)13-41(40)12-15(26)5-6-20-37-38-23(44-20)22(43)35-10-16-3-2-4-19(36-16)25(30,31)32/h2-4,7-9,13,15,39H,5-6,10-12H2,1H3,(H,34,42)(H,35,43). The van der Waals surface area contributed by atoms with Crippen molar-refractivity contribution in [3.8, 4) is 0 Å². The second-order valence-electron chi connectivity index (χ2n) is 9.35. The lowest BCUT2D eigenvalue weighted by Crippen LogP contribution is -2.43. The average molecular weight is 755 g/mol. The molecule has 3 aromatic rings. The van der Waals surface area contributed by atoms with Gasteiger partial charge < -0.3 is 10.6 Å². The molecule has 2 amide bonds. The highest BCUT2D eigenvalue weighted by Gasteiger charge is 2.31. The van der Waals surface area contributed by atoms with Crippen molar-refractivity contribution in [3.05, 3.63) is 81.1 Å². The number of amides is 2. The minimum Gasteiger partial charge on any atom is -0.345 e. The van der Waals surface area contributed by atoms with E-state index in [1.54, 1.807) is 7.05 Å². The summed E-state index contributed by atoms with van der Waals surface area (Å²) in [6, 6.07) is 5.76. The Bertz CT molecular complexity index is 1520. The molecule has 4 heterocycles. The van der Waals surface area contributed by atoms with Crippen molar-refractivity contribution in [2.24, 2.45) is 0 Å². The van der Waals surface area contributed by atoms with Crippen molar-refractivity contribution in [1.82, 2.24) is 46.4 Å². The van der Waals surface area contributed by atoms with E-state index in [1.165, 1.54) is 34.5 Å². The fourth-order valence-electron chi connectivity index (χ4n) is 3.81. The number of pyridine rings is 2. The number of hydrazine groups is 2. The van der Waals surface area contributed by atoms with E-state index in [-0.39, 0.29) is 54.6 Å². The number of rotatable bonds is 12. The molecule has 19 heteroatoms. The molecule has 0 saturated carbocycles. The highest BCUT2D eigenvalue weighted by Crippen LogP contribution is 2.33. The number of nitrogens with one attached hydrogen (secondary N) is 3. The van der Waals surface area contributed by atoms with Crippen molar-refractivity contribution >= 4 is 45.7 Å². The number of aryl methyl sites for hydroxylation is 1. The van der Waals surface area contributed by atoms with E-state index >= 15 is 0 Å². The van der Waals surface area contributed by atoms with Gasteiger partial charge in [-0.1, -0.05) is 17.4 Å². The zero-order valence-corrected chi connectivity index (χ0v) is 25.7. The summed E-state index contributed by atoms with van der Waals surface area (Å²) >= 11 is 1.94. The van der Waals surface area contributed by atoms with Gasteiger partial charge >= 0.3 is 10.1 Å². The molecule has 1 aliphatic heterocycles. The summed E-state index contributed by atoms with van der Waals surface area (Å²) in [5.74, 6) is -1.21. The monoisotopic (exact) mass is 755 g/mol. The van der Waals surface area contributed by atoms with Gasteiger partial charge in [0.15, 0.2) is 0 Å². The first kappa shape index (κ1) is 33.3. The fourth-order valence-corrected chi connectivity index (χ4v) is 4.88. The number of hydrogen-bond acceptors (Lipinski definition) is 10. The van der Waals surface area contributed by atoms with Gasteiger partial charge in [-0.25, -0.2) is 9.37 Å². The largest absolute Gasteiger partial charge is 0.416 e. The van der Waals surface area contributed by atoms with Gasteiger partial charge in [-0.15, -0.1) is 15.3 Å². The molecular formula is C25H24F6IN9O2S. The highest BCUT2D eigenvalue weighted by atomic mass is 127. The van der Waals surface area contributed by atoms with E-state index in [0.717, 1.165) is 52.3 Å². The molecule has 1 unspecified atom stereocenters. The molecule has 44 heavy (non-hydrogen) atoms. The molecule has 0 fully saturated rings. The van der Waals surface area contributed by atoms with Crippen molar-refractivity contribution < 1.29 is 35.9 Å². The molecule has 3 aromatic heterocycles. The maximum Gasteiger partial charge on any atom is 0.416 e. The van der Waals surface area contributed by atoms with Crippen molar-refractivity contribution in [3.63, 3.8) is 0 Å². The molecule has 0 radical (unpaired) electrons. The zero-order chi connectivity index (χ0) is 32.1. The zero-order valence-electron chi connectivity index (χ0n) is 22.7. The Kier molecular flexibility index (Phi) is 10.6. The fraction of sp³-hybridized carbons (Fsp3) is 0.360. The van der Waals surface area contributed by atoms with Gasteiger partial charge in [0, 0.05) is 48.5 Å². The van der Waals surface area contributed by atoms with Crippen LogP contribution in [-0.4, -0.2) is 61.9 Å². The number of aromatic nitrogens is 4. The number of alkyl halides is 7. The first-order valence-corrected chi connectivity index (χ1v) is 14.7. The van der Waals surface area contributed by atoms with Crippen LogP contribution >= 0.6 is 33.9 Å². The quantitative estimate of drug-likeness (QED) is 0.144. The molecule has 0 bridgehead atoms. The molecule has 0 saturated heterocycles. The Morgan fingerprint density at radius 3 is 2.52 bits per heavy atom. The van der Waals surface area contributed by atoms with Crippen LogP contribution in [0.4, 0.5) is 26.3 Å². The van der Waals surface area contributed by atoms with E-state index < -0.39 is 39.3 Å². The molecule has 11 nitrogen and oxygen atoms in total. The molecule has 3 N–H and O–H groups in total. The lowest BCUT2D eigenvalue weighted by Gasteiger charge is -2.25. The summed E-state index contributed by atoms with van der Waals surface area (Å²) in [4.78, 5) is 32.6. The predicted octanol–water partition coefficient (Wildman–Crippen LogP) is 3.86. The summed E-state index contributed by atoms with van der Waals surface area (Å²) in [5, 5.41) is 16.0. The SMILES string of the molecule is CN1NC(C(=O)NCc2cc(C(F)(F)F)ccn2)=CN1CC(F)CCc1nnc(C(=O)NCc2cccc(C(F)(F)I)n2)s1. The maximum atomic E-state index is 14.8. The highest BCUT2D eigenvalue weighted by molar-refractivity contribution is 14.1. The number of halogens is 7. The molecule has 236 valence electrons. The van der Waals surface area contributed by atoms with Crippen molar-refractivity contribution in [2.75, 3.05) is 13.6 Å². The Morgan fingerprint density at radius 1 is 1.07 bits per heavy atom. The summed E-state index contributed by atoms with van der Waals surface area (Å²) in [7, 11) is 1.55. The Balaban J connectivity index is 1.22. The van der Waals surface area contributed by atoms with Crippen LogP contribution in [0.3, 0.4) is 0 Å². The van der Waals surface area contributed by atoms with E-state index in [1.807, 2.05) is 0 Å².